The van der Waals surface area contributed by atoms with E-state index in [0.717, 1.165) is 10.6 Å². The molecule has 20 heavy (non-hydrogen) atoms. The maximum Gasteiger partial charge on any atom is 0.245 e. The Bertz CT molecular complexity index is 675. The molecule has 0 aliphatic carbocycles. The third kappa shape index (κ3) is 2.96. The SMILES string of the molecule is Cc1sc(NC(=O)Cn2cnnc2[S@](C)=O)c(C)c1C. The Morgan fingerprint density at radius 3 is 2.65 bits per heavy atom. The van der Waals surface area contributed by atoms with Crippen LogP contribution in [0.3, 0.4) is 0 Å². The molecule has 0 saturated heterocycles. The summed E-state index contributed by atoms with van der Waals surface area (Å²) >= 11 is 1.56. The fourth-order valence-electron chi connectivity index (χ4n) is 1.76. The van der Waals surface area contributed by atoms with Gasteiger partial charge in [0.25, 0.3) is 0 Å². The molecule has 2 aromatic rings. The number of hydrogen-bond acceptors (Lipinski definition) is 5. The number of amides is 1. The van der Waals surface area contributed by atoms with Crippen molar-refractivity contribution in [2.75, 3.05) is 11.6 Å². The van der Waals surface area contributed by atoms with Crippen molar-refractivity contribution >= 4 is 33.0 Å². The summed E-state index contributed by atoms with van der Waals surface area (Å²) in [5, 5.41) is 11.5. The Labute approximate surface area is 123 Å². The highest BCUT2D eigenvalue weighted by Gasteiger charge is 2.14. The van der Waals surface area contributed by atoms with Crippen LogP contribution in [-0.2, 0) is 22.1 Å². The highest BCUT2D eigenvalue weighted by molar-refractivity contribution is 7.84. The van der Waals surface area contributed by atoms with E-state index in [-0.39, 0.29) is 12.5 Å². The zero-order valence-electron chi connectivity index (χ0n) is 11.8. The van der Waals surface area contributed by atoms with E-state index in [4.69, 9.17) is 0 Å². The lowest BCUT2D eigenvalue weighted by atomic mass is 10.2. The lowest BCUT2D eigenvalue weighted by Gasteiger charge is -2.06. The van der Waals surface area contributed by atoms with E-state index >= 15 is 0 Å². The number of carbonyl (C=O) groups excluding carboxylic acids is 1. The van der Waals surface area contributed by atoms with E-state index in [0.29, 0.717) is 5.16 Å². The van der Waals surface area contributed by atoms with Gasteiger partial charge in [0.2, 0.25) is 11.1 Å². The van der Waals surface area contributed by atoms with Crippen molar-refractivity contribution < 1.29 is 9.00 Å². The van der Waals surface area contributed by atoms with E-state index < -0.39 is 10.8 Å². The average molecular weight is 312 g/mol. The highest BCUT2D eigenvalue weighted by Crippen LogP contribution is 2.31. The maximum absolute atomic E-state index is 12.0. The van der Waals surface area contributed by atoms with Gasteiger partial charge in [-0.05, 0) is 31.9 Å². The second kappa shape index (κ2) is 5.84. The third-order valence-corrected chi connectivity index (χ3v) is 5.15. The van der Waals surface area contributed by atoms with Crippen LogP contribution in [0.4, 0.5) is 5.00 Å². The summed E-state index contributed by atoms with van der Waals surface area (Å²) in [7, 11) is -1.26. The smallest absolute Gasteiger partial charge is 0.245 e. The van der Waals surface area contributed by atoms with Crippen molar-refractivity contribution in [1.29, 1.82) is 0 Å². The Hall–Kier alpha value is -1.54. The first-order valence-electron chi connectivity index (χ1n) is 5.97. The van der Waals surface area contributed by atoms with Crippen molar-refractivity contribution in [2.45, 2.75) is 32.5 Å². The van der Waals surface area contributed by atoms with Crippen LogP contribution in [0.25, 0.3) is 0 Å². The quantitative estimate of drug-likeness (QED) is 0.931. The summed E-state index contributed by atoms with van der Waals surface area (Å²) in [6.07, 6.45) is 2.92. The molecular weight excluding hydrogens is 296 g/mol. The van der Waals surface area contributed by atoms with Crippen LogP contribution < -0.4 is 5.32 Å². The van der Waals surface area contributed by atoms with Crippen molar-refractivity contribution in [2.24, 2.45) is 0 Å². The van der Waals surface area contributed by atoms with Gasteiger partial charge in [-0.25, -0.2) is 0 Å². The molecule has 1 atom stereocenters. The van der Waals surface area contributed by atoms with Gasteiger partial charge in [0.15, 0.2) is 0 Å². The van der Waals surface area contributed by atoms with E-state index in [1.807, 2.05) is 20.8 Å². The minimum atomic E-state index is -1.26. The number of nitrogens with one attached hydrogen (secondary N) is 1. The molecule has 2 heterocycles. The van der Waals surface area contributed by atoms with Gasteiger partial charge >= 0.3 is 0 Å². The molecule has 0 aromatic carbocycles. The molecule has 0 radical (unpaired) electrons. The zero-order valence-corrected chi connectivity index (χ0v) is 13.4. The standard InChI is InChI=1S/C12H16N4O2S2/c1-7-8(2)11(19-9(7)3)14-10(17)5-16-6-13-15-12(16)20(4)18/h6H,5H2,1-4H3,(H,14,17)/t20-/m0/s1. The second-order valence-electron chi connectivity index (χ2n) is 4.48. The molecule has 8 heteroatoms. The molecule has 1 amide bonds. The molecule has 0 aliphatic heterocycles. The normalized spacial score (nSPS) is 12.4. The summed E-state index contributed by atoms with van der Waals surface area (Å²) in [6, 6.07) is 0. The van der Waals surface area contributed by atoms with Crippen molar-refractivity contribution in [3.05, 3.63) is 22.3 Å². The molecule has 0 spiro atoms. The fraction of sp³-hybridized carbons (Fsp3) is 0.417. The maximum atomic E-state index is 12.0. The molecule has 2 aromatic heterocycles. The average Bonchev–Trinajstić information content (AvgIpc) is 2.91. The predicted molar refractivity (Wildman–Crippen MR) is 79.5 cm³/mol. The summed E-state index contributed by atoms with van der Waals surface area (Å²) in [4.78, 5) is 13.2. The number of rotatable bonds is 4. The predicted octanol–water partition coefficient (Wildman–Crippen LogP) is 1.64. The van der Waals surface area contributed by atoms with Gasteiger partial charge < -0.3 is 5.32 Å². The lowest BCUT2D eigenvalue weighted by Crippen LogP contribution is -2.19. The molecule has 6 nitrogen and oxygen atoms in total. The van der Waals surface area contributed by atoms with E-state index in [1.54, 1.807) is 11.3 Å². The van der Waals surface area contributed by atoms with Gasteiger partial charge in [0.1, 0.15) is 12.9 Å². The van der Waals surface area contributed by atoms with Gasteiger partial charge in [-0.1, -0.05) is 0 Å². The van der Waals surface area contributed by atoms with Crippen LogP contribution in [0.15, 0.2) is 11.5 Å². The molecule has 2 rings (SSSR count). The van der Waals surface area contributed by atoms with Crippen molar-refractivity contribution in [1.82, 2.24) is 14.8 Å². The number of nitrogens with zero attached hydrogens (tertiary/aromatic N) is 3. The van der Waals surface area contributed by atoms with Crippen molar-refractivity contribution in [3.8, 4) is 0 Å². The molecule has 0 unspecified atom stereocenters. The highest BCUT2D eigenvalue weighted by atomic mass is 32.2. The van der Waals surface area contributed by atoms with E-state index in [2.05, 4.69) is 15.5 Å². The first kappa shape index (κ1) is 14.9. The van der Waals surface area contributed by atoms with Crippen LogP contribution in [-0.4, -0.2) is 31.1 Å². The van der Waals surface area contributed by atoms with E-state index in [1.165, 1.54) is 27.6 Å². The van der Waals surface area contributed by atoms with Gasteiger partial charge in [0, 0.05) is 11.1 Å². The second-order valence-corrected chi connectivity index (χ2v) is 6.98. The minimum Gasteiger partial charge on any atom is -0.316 e. The Morgan fingerprint density at radius 2 is 2.10 bits per heavy atom. The third-order valence-electron chi connectivity index (χ3n) is 3.09. The van der Waals surface area contributed by atoms with Gasteiger partial charge in [-0.2, -0.15) is 0 Å². The molecule has 0 fully saturated rings. The van der Waals surface area contributed by atoms with E-state index in [9.17, 15) is 9.00 Å². The summed E-state index contributed by atoms with van der Waals surface area (Å²) < 4.78 is 12.9. The van der Waals surface area contributed by atoms with Crippen LogP contribution in [0.2, 0.25) is 0 Å². The van der Waals surface area contributed by atoms with Crippen molar-refractivity contribution in [3.63, 3.8) is 0 Å². The lowest BCUT2D eigenvalue weighted by molar-refractivity contribution is -0.116. The van der Waals surface area contributed by atoms with Crippen LogP contribution in [0.1, 0.15) is 16.0 Å². The molecule has 0 bridgehead atoms. The first-order chi connectivity index (χ1) is 9.40. The number of carbonyl (C=O) groups is 1. The number of thiophene rings is 1. The van der Waals surface area contributed by atoms with Crippen LogP contribution in [0.5, 0.6) is 0 Å². The summed E-state index contributed by atoms with van der Waals surface area (Å²) in [5.41, 5.74) is 2.29. The van der Waals surface area contributed by atoms with Gasteiger partial charge in [0.05, 0.1) is 15.8 Å². The molecular formula is C12H16N4O2S2. The molecule has 0 aliphatic rings. The van der Waals surface area contributed by atoms with Crippen LogP contribution >= 0.6 is 11.3 Å². The van der Waals surface area contributed by atoms with Gasteiger partial charge in [-0.15, -0.1) is 21.5 Å². The first-order valence-corrected chi connectivity index (χ1v) is 8.35. The molecule has 108 valence electrons. The number of hydrogen-bond donors (Lipinski definition) is 1. The molecule has 0 saturated carbocycles. The number of aromatic nitrogens is 3. The Balaban J connectivity index is 2.11. The summed E-state index contributed by atoms with van der Waals surface area (Å²) in [5.74, 6) is -0.180. The number of anilines is 1. The largest absolute Gasteiger partial charge is 0.316 e. The minimum absolute atomic E-state index is 0.0529. The zero-order chi connectivity index (χ0) is 14.9. The fourth-order valence-corrected chi connectivity index (χ4v) is 3.44. The Morgan fingerprint density at radius 1 is 1.40 bits per heavy atom. The topological polar surface area (TPSA) is 76.9 Å². The van der Waals surface area contributed by atoms with Crippen LogP contribution in [0, 0.1) is 20.8 Å². The Kier molecular flexibility index (Phi) is 4.34. The summed E-state index contributed by atoms with van der Waals surface area (Å²) in [6.45, 7) is 6.10. The molecule has 1 N–H and O–H groups in total. The number of aryl methyl sites for hydroxylation is 1. The monoisotopic (exact) mass is 312 g/mol. The van der Waals surface area contributed by atoms with Gasteiger partial charge in [-0.3, -0.25) is 13.6 Å².